The van der Waals surface area contributed by atoms with Crippen molar-refractivity contribution in [3.8, 4) is 30.4 Å². The molecule has 50 heavy (non-hydrogen) atoms. The Balaban J connectivity index is 0.000000161. The van der Waals surface area contributed by atoms with Gasteiger partial charge in [0.05, 0.1) is 0 Å². The topological polar surface area (TPSA) is 104 Å². The summed E-state index contributed by atoms with van der Waals surface area (Å²) < 4.78 is 5.79. The van der Waals surface area contributed by atoms with Gasteiger partial charge in [-0.25, -0.2) is 0 Å². The number of carbonyl (C=O) groups is 2. The van der Waals surface area contributed by atoms with Crippen LogP contribution in [0.3, 0.4) is 0 Å². The van der Waals surface area contributed by atoms with Crippen LogP contribution in [0, 0.1) is 71.0 Å². The molecule has 0 radical (unpaired) electrons. The summed E-state index contributed by atoms with van der Waals surface area (Å²) in [5.41, 5.74) is 2.26. The normalized spacial score (nSPS) is 42.0. The fourth-order valence-electron chi connectivity index (χ4n) is 12.7. The van der Waals surface area contributed by atoms with Crippen LogP contribution in [0.5, 0.6) is 5.75 Å². The molecule has 0 bridgehead atoms. The number of hydrogen-bond acceptors (Lipinski definition) is 6. The standard InChI is InChI=1S/C22H28O3.C20H24O2.C2H6O/c1-4-22(25-14(2)23)12-10-20-19-7-5-15-13-16(24)6-8-17(15)18(19)9-11-21(20,22)3;1-3-20(22)11-9-18-17-6-4-13-12-14(21)5-7-15(13)16(17)8-10-19(18,20)2;1-2-3/h1,13,17-20H,5-12H2,2-3H3;1,5,7,12,16-18,21-22H,4,6,8-11H2,2H3;3H,2H2,1H3/t17-,18+,19+,20-,21-,22-;16-,17-,18+,19+,20+;/m01./s1. The number of esters is 1. The number of terminal acetylenes is 2. The van der Waals surface area contributed by atoms with E-state index in [1.54, 1.807) is 6.92 Å². The monoisotopic (exact) mass is 682 g/mol. The maximum Gasteiger partial charge on any atom is 0.304 e. The second-order valence-corrected chi connectivity index (χ2v) is 17.0. The molecule has 0 aliphatic heterocycles. The lowest BCUT2D eigenvalue weighted by atomic mass is 9.50. The Bertz CT molecular complexity index is 1600. The van der Waals surface area contributed by atoms with E-state index < -0.39 is 11.2 Å². The third kappa shape index (κ3) is 5.84. The van der Waals surface area contributed by atoms with Gasteiger partial charge in [0.1, 0.15) is 11.4 Å². The number of aryl methyl sites for hydroxylation is 1. The number of aromatic hydroxyl groups is 1. The van der Waals surface area contributed by atoms with Crippen molar-refractivity contribution in [3.63, 3.8) is 0 Å². The molecule has 3 N–H and O–H groups in total. The summed E-state index contributed by atoms with van der Waals surface area (Å²) in [5, 5.41) is 28.2. The highest BCUT2D eigenvalue weighted by molar-refractivity contribution is 5.91. The molecule has 5 saturated carbocycles. The molecule has 6 nitrogen and oxygen atoms in total. The van der Waals surface area contributed by atoms with E-state index in [1.807, 2.05) is 18.2 Å². The van der Waals surface area contributed by atoms with Crippen LogP contribution in [0.4, 0.5) is 0 Å². The lowest BCUT2D eigenvalue weighted by Crippen LogP contribution is -2.53. The van der Waals surface area contributed by atoms with Crippen LogP contribution in [-0.2, 0) is 20.7 Å². The third-order valence-electron chi connectivity index (χ3n) is 15.1. The number of hydrogen-bond donors (Lipinski definition) is 3. The molecule has 6 heteroatoms. The Kier molecular flexibility index (Phi) is 10.1. The zero-order valence-corrected chi connectivity index (χ0v) is 30.7. The molecular formula is C44H58O6. The van der Waals surface area contributed by atoms with Crippen molar-refractivity contribution in [2.45, 2.75) is 135 Å². The largest absolute Gasteiger partial charge is 0.508 e. The number of phenolic OH excluding ortho intramolecular Hbond substituents is 1. The summed E-state index contributed by atoms with van der Waals surface area (Å²) in [6.07, 6.45) is 27.6. The number of phenols is 1. The van der Waals surface area contributed by atoms with Gasteiger partial charge in [0, 0.05) is 30.8 Å². The van der Waals surface area contributed by atoms with Gasteiger partial charge < -0.3 is 20.1 Å². The number of aliphatic hydroxyl groups is 2. The number of rotatable bonds is 1. The van der Waals surface area contributed by atoms with Crippen molar-refractivity contribution >= 4 is 11.8 Å². The van der Waals surface area contributed by atoms with Gasteiger partial charge in [-0.15, -0.1) is 12.8 Å². The van der Waals surface area contributed by atoms with E-state index in [1.165, 1.54) is 23.6 Å². The predicted octanol–water partition coefficient (Wildman–Crippen LogP) is 7.67. The minimum atomic E-state index is -0.919. The average Bonchev–Trinajstić information content (AvgIpc) is 3.54. The van der Waals surface area contributed by atoms with Crippen LogP contribution in [-0.4, -0.2) is 44.9 Å². The predicted molar refractivity (Wildman–Crippen MR) is 195 cm³/mol. The fraction of sp³-hybridized carbons (Fsp3) is 0.682. The molecule has 7 aliphatic rings. The van der Waals surface area contributed by atoms with E-state index in [0.717, 1.165) is 83.5 Å². The Hall–Kier alpha value is -3.06. The van der Waals surface area contributed by atoms with Crippen molar-refractivity contribution in [1.82, 2.24) is 0 Å². The van der Waals surface area contributed by atoms with Gasteiger partial charge in [-0.2, -0.15) is 0 Å². The first-order valence-electron chi connectivity index (χ1n) is 19.3. The number of aliphatic hydroxyl groups excluding tert-OH is 1. The summed E-state index contributed by atoms with van der Waals surface area (Å²) in [5.74, 6) is 10.2. The fourth-order valence-corrected chi connectivity index (χ4v) is 12.7. The van der Waals surface area contributed by atoms with Crippen molar-refractivity contribution in [2.75, 3.05) is 6.61 Å². The molecule has 1 aromatic carbocycles. The van der Waals surface area contributed by atoms with Crippen LogP contribution >= 0.6 is 0 Å². The Labute approximate surface area is 299 Å². The smallest absolute Gasteiger partial charge is 0.304 e. The maximum absolute atomic E-state index is 11.8. The molecule has 0 spiro atoms. The van der Waals surface area contributed by atoms with Crippen molar-refractivity contribution in [3.05, 3.63) is 41.0 Å². The second-order valence-electron chi connectivity index (χ2n) is 17.0. The molecule has 0 saturated heterocycles. The SMILES string of the molecule is C#C[C@]1(O)CC[C@H]2[C@@H]3CCc4cc(O)ccc4[C@H]3CC[C@@]21C.C#C[C@]1(OC(C)=O)CC[C@H]2[C@@H]3CCC4=CC(=O)CC[C@@H]4[C@H]3CC[C@@]21C.CCO. The molecule has 0 unspecified atom stereocenters. The number of ether oxygens (including phenoxy) is 1. The van der Waals surface area contributed by atoms with Gasteiger partial charge in [-0.3, -0.25) is 9.59 Å². The highest BCUT2D eigenvalue weighted by Crippen LogP contribution is 2.66. The van der Waals surface area contributed by atoms with Gasteiger partial charge in [0.25, 0.3) is 0 Å². The summed E-state index contributed by atoms with van der Waals surface area (Å²) in [6.45, 7) is 7.88. The molecule has 0 amide bonds. The second kappa shape index (κ2) is 13.8. The minimum absolute atomic E-state index is 0.111. The first-order chi connectivity index (χ1) is 23.8. The van der Waals surface area contributed by atoms with Crippen LogP contribution < -0.4 is 0 Å². The number of ketones is 1. The van der Waals surface area contributed by atoms with Crippen LogP contribution in [0.1, 0.15) is 128 Å². The number of fused-ring (bicyclic) bond motifs is 10. The van der Waals surface area contributed by atoms with Gasteiger partial charge >= 0.3 is 5.97 Å². The van der Waals surface area contributed by atoms with Gasteiger partial charge in [-0.1, -0.05) is 37.3 Å². The maximum atomic E-state index is 11.8. The number of allylic oxidation sites excluding steroid dienone is 1. The molecule has 1 aromatic rings. The van der Waals surface area contributed by atoms with E-state index >= 15 is 0 Å². The summed E-state index contributed by atoms with van der Waals surface area (Å²) >= 11 is 0. The van der Waals surface area contributed by atoms with Crippen molar-refractivity contribution in [1.29, 1.82) is 0 Å². The van der Waals surface area contributed by atoms with E-state index in [-0.39, 0.29) is 23.4 Å². The lowest BCUT2D eigenvalue weighted by Gasteiger charge is -2.55. The molecule has 5 fully saturated rings. The van der Waals surface area contributed by atoms with Gasteiger partial charge in [-0.05, 0) is 161 Å². The van der Waals surface area contributed by atoms with Crippen LogP contribution in [0.15, 0.2) is 29.8 Å². The van der Waals surface area contributed by atoms with Gasteiger partial charge in [0.2, 0.25) is 0 Å². The number of carbonyl (C=O) groups excluding carboxylic acids is 2. The van der Waals surface area contributed by atoms with Crippen molar-refractivity contribution < 1.29 is 29.6 Å². The van der Waals surface area contributed by atoms with E-state index in [2.05, 4.69) is 31.8 Å². The quantitative estimate of drug-likeness (QED) is 0.208. The lowest BCUT2D eigenvalue weighted by molar-refractivity contribution is -0.167. The molecule has 0 heterocycles. The number of benzene rings is 1. The van der Waals surface area contributed by atoms with Crippen molar-refractivity contribution in [2.24, 2.45) is 46.3 Å². The first kappa shape index (κ1) is 36.7. The zero-order valence-electron chi connectivity index (χ0n) is 30.7. The highest BCUT2D eigenvalue weighted by atomic mass is 16.6. The Morgan fingerprint density at radius 1 is 0.860 bits per heavy atom. The van der Waals surface area contributed by atoms with E-state index in [9.17, 15) is 19.8 Å². The first-order valence-corrected chi connectivity index (χ1v) is 19.3. The van der Waals surface area contributed by atoms with E-state index in [4.69, 9.17) is 22.7 Å². The third-order valence-corrected chi connectivity index (χ3v) is 15.1. The molecule has 8 rings (SSSR count). The molecule has 11 atom stereocenters. The molecule has 7 aliphatic carbocycles. The summed E-state index contributed by atoms with van der Waals surface area (Å²) in [6, 6.07) is 5.87. The molecule has 0 aromatic heterocycles. The van der Waals surface area contributed by atoms with Gasteiger partial charge in [0.15, 0.2) is 11.4 Å². The molecule has 270 valence electrons. The zero-order chi connectivity index (χ0) is 36.1. The molecular weight excluding hydrogens is 624 g/mol. The highest BCUT2D eigenvalue weighted by Gasteiger charge is 2.64. The summed E-state index contributed by atoms with van der Waals surface area (Å²) in [7, 11) is 0. The summed E-state index contributed by atoms with van der Waals surface area (Å²) in [4.78, 5) is 23.5. The minimum Gasteiger partial charge on any atom is -0.508 e. The average molecular weight is 683 g/mol. The Morgan fingerprint density at radius 2 is 1.54 bits per heavy atom. The van der Waals surface area contributed by atoms with Crippen LogP contribution in [0.2, 0.25) is 0 Å². The Morgan fingerprint density at radius 3 is 2.24 bits per heavy atom. The van der Waals surface area contributed by atoms with E-state index in [0.29, 0.717) is 59.4 Å². The van der Waals surface area contributed by atoms with Crippen LogP contribution in [0.25, 0.3) is 0 Å².